The number of rotatable bonds is 1. The number of nitrogens with two attached hydrogens (primary N) is 1. The molecule has 0 radical (unpaired) electrons. The monoisotopic (exact) mass is 334 g/mol. The normalized spacial score (nSPS) is 15.2. The summed E-state index contributed by atoms with van der Waals surface area (Å²) in [5.41, 5.74) is 7.32. The number of aromatic nitrogens is 5. The second kappa shape index (κ2) is 4.77. The van der Waals surface area contributed by atoms with E-state index in [4.69, 9.17) is 10.2 Å². The average Bonchev–Trinajstić information content (AvgIpc) is 3.06. The van der Waals surface area contributed by atoms with Crippen molar-refractivity contribution < 1.29 is 8.81 Å². The van der Waals surface area contributed by atoms with E-state index in [0.717, 1.165) is 0 Å². The fourth-order valence-electron chi connectivity index (χ4n) is 2.62. The molecule has 122 valence electrons. The first kappa shape index (κ1) is 13.9. The van der Waals surface area contributed by atoms with E-state index >= 15 is 0 Å². The van der Waals surface area contributed by atoms with Crippen LogP contribution >= 0.6 is 0 Å². The van der Waals surface area contributed by atoms with Crippen molar-refractivity contribution >= 4 is 28.0 Å². The van der Waals surface area contributed by atoms with Gasteiger partial charge in [0.05, 0.1) is 5.39 Å². The van der Waals surface area contributed by atoms with Crippen LogP contribution in [0.4, 0.5) is 10.2 Å². The fraction of sp³-hybridized carbons (Fsp3) is 0.176. The summed E-state index contributed by atoms with van der Waals surface area (Å²) >= 11 is 0. The van der Waals surface area contributed by atoms with Gasteiger partial charge in [0.25, 0.3) is 0 Å². The Bertz CT molecular complexity index is 1190. The molecule has 3 N–H and O–H groups in total. The van der Waals surface area contributed by atoms with E-state index in [0.29, 0.717) is 52.1 Å². The van der Waals surface area contributed by atoms with E-state index in [9.17, 15) is 4.39 Å². The first-order valence-corrected chi connectivity index (χ1v) is 7.69. The molecule has 1 aromatic carbocycles. The predicted octanol–water partition coefficient (Wildman–Crippen LogP) is 2.43. The van der Waals surface area contributed by atoms with Crippen LogP contribution in [0.25, 0.3) is 22.1 Å². The van der Waals surface area contributed by atoms with Crippen LogP contribution in [-0.2, 0) is 5.67 Å². The predicted molar refractivity (Wildman–Crippen MR) is 88.1 cm³/mol. The molecule has 0 saturated heterocycles. The van der Waals surface area contributed by atoms with Crippen molar-refractivity contribution in [1.29, 1.82) is 0 Å². The smallest absolute Gasteiger partial charge is 0.233 e. The second-order valence-corrected chi connectivity index (χ2v) is 5.97. The van der Waals surface area contributed by atoms with Crippen LogP contribution in [0, 0.1) is 11.8 Å². The highest BCUT2D eigenvalue weighted by Gasteiger charge is 2.49. The maximum absolute atomic E-state index is 14.1. The van der Waals surface area contributed by atoms with Crippen LogP contribution in [-0.4, -0.2) is 25.1 Å². The molecule has 3 aromatic heterocycles. The summed E-state index contributed by atoms with van der Waals surface area (Å²) in [6.07, 6.45) is 2.27. The summed E-state index contributed by atoms with van der Waals surface area (Å²) in [6.45, 7) is 0. The molecule has 1 aliphatic rings. The number of hydrogen-bond acceptors (Lipinski definition) is 6. The third kappa shape index (κ3) is 2.21. The number of nitrogens with one attached hydrogen (secondary N) is 1. The first-order chi connectivity index (χ1) is 12.1. The molecule has 1 saturated carbocycles. The van der Waals surface area contributed by atoms with Crippen LogP contribution in [0.15, 0.2) is 28.9 Å². The minimum absolute atomic E-state index is 0.150. The van der Waals surface area contributed by atoms with E-state index in [2.05, 4.69) is 37.0 Å². The van der Waals surface area contributed by atoms with Crippen molar-refractivity contribution in [3.05, 3.63) is 41.7 Å². The lowest BCUT2D eigenvalue weighted by Crippen LogP contribution is -1.96. The van der Waals surface area contributed by atoms with Crippen molar-refractivity contribution in [2.24, 2.45) is 0 Å². The molecule has 0 bridgehead atoms. The van der Waals surface area contributed by atoms with Crippen molar-refractivity contribution in [3.8, 4) is 11.8 Å². The summed E-state index contributed by atoms with van der Waals surface area (Å²) < 4.78 is 19.6. The zero-order valence-electron chi connectivity index (χ0n) is 12.9. The molecular weight excluding hydrogens is 323 g/mol. The topological polar surface area (TPSA) is 107 Å². The molecule has 1 aliphatic carbocycles. The Labute approximate surface area is 140 Å². The Hall–Kier alpha value is -3.47. The minimum Gasteiger partial charge on any atom is -0.437 e. The molecule has 0 aliphatic heterocycles. The van der Waals surface area contributed by atoms with Crippen molar-refractivity contribution in [2.45, 2.75) is 18.5 Å². The number of hydrogen-bond donors (Lipinski definition) is 2. The van der Waals surface area contributed by atoms with Crippen molar-refractivity contribution in [2.75, 3.05) is 5.73 Å². The van der Waals surface area contributed by atoms with Gasteiger partial charge in [-0.15, -0.1) is 0 Å². The molecule has 0 atom stereocenters. The summed E-state index contributed by atoms with van der Waals surface area (Å²) in [7, 11) is 0. The molecule has 8 heteroatoms. The van der Waals surface area contributed by atoms with E-state index in [-0.39, 0.29) is 5.89 Å². The van der Waals surface area contributed by atoms with Crippen molar-refractivity contribution in [3.63, 3.8) is 0 Å². The first-order valence-electron chi connectivity index (χ1n) is 7.69. The van der Waals surface area contributed by atoms with Gasteiger partial charge in [-0.2, -0.15) is 5.10 Å². The number of halogens is 1. The largest absolute Gasteiger partial charge is 0.437 e. The Balaban J connectivity index is 1.55. The molecular formula is C17H11FN6O. The lowest BCUT2D eigenvalue weighted by molar-refractivity contribution is 0.256. The lowest BCUT2D eigenvalue weighted by Gasteiger charge is -1.94. The SMILES string of the molecule is Nc1ncnc2n[nH]c(C#Cc3ccc4oc(C5(F)CC5)nc4c3)c12. The fourth-order valence-corrected chi connectivity index (χ4v) is 2.62. The van der Waals surface area contributed by atoms with Gasteiger partial charge in [0, 0.05) is 5.56 Å². The van der Waals surface area contributed by atoms with Crippen LogP contribution in [0.5, 0.6) is 0 Å². The molecule has 25 heavy (non-hydrogen) atoms. The highest BCUT2D eigenvalue weighted by molar-refractivity contribution is 5.90. The van der Waals surface area contributed by atoms with Gasteiger partial charge in [-0.05, 0) is 37.0 Å². The van der Waals surface area contributed by atoms with E-state index < -0.39 is 5.67 Å². The molecule has 0 spiro atoms. The van der Waals surface area contributed by atoms with E-state index in [1.54, 1.807) is 18.2 Å². The quantitative estimate of drug-likeness (QED) is 0.518. The Morgan fingerprint density at radius 1 is 1.24 bits per heavy atom. The van der Waals surface area contributed by atoms with Gasteiger partial charge in [0.15, 0.2) is 16.9 Å². The van der Waals surface area contributed by atoms with Crippen molar-refractivity contribution in [1.82, 2.24) is 25.1 Å². The highest BCUT2D eigenvalue weighted by Crippen LogP contribution is 2.49. The van der Waals surface area contributed by atoms with Gasteiger partial charge in [0.1, 0.15) is 23.4 Å². The number of benzene rings is 1. The number of H-pyrrole nitrogens is 1. The van der Waals surface area contributed by atoms with Gasteiger partial charge in [-0.1, -0.05) is 5.92 Å². The number of alkyl halides is 1. The van der Waals surface area contributed by atoms with E-state index in [1.807, 2.05) is 0 Å². The molecule has 1 fully saturated rings. The van der Waals surface area contributed by atoms with Gasteiger partial charge >= 0.3 is 0 Å². The van der Waals surface area contributed by atoms with Crippen LogP contribution in [0.2, 0.25) is 0 Å². The summed E-state index contributed by atoms with van der Waals surface area (Å²) in [5, 5.41) is 7.45. The number of fused-ring (bicyclic) bond motifs is 2. The van der Waals surface area contributed by atoms with Crippen LogP contribution in [0.3, 0.4) is 0 Å². The maximum atomic E-state index is 14.1. The van der Waals surface area contributed by atoms with Gasteiger partial charge in [0.2, 0.25) is 5.89 Å². The number of oxazole rings is 1. The molecule has 0 amide bonds. The number of nitrogens with zero attached hydrogens (tertiary/aromatic N) is 4. The third-order valence-electron chi connectivity index (χ3n) is 4.17. The van der Waals surface area contributed by atoms with Gasteiger partial charge < -0.3 is 10.2 Å². The molecule has 0 unspecified atom stereocenters. The molecule has 4 aromatic rings. The molecule has 7 nitrogen and oxygen atoms in total. The second-order valence-electron chi connectivity index (χ2n) is 5.97. The summed E-state index contributed by atoms with van der Waals surface area (Å²) in [5.74, 6) is 6.46. The number of nitrogen functional groups attached to an aromatic ring is 1. The number of aromatic amines is 1. The van der Waals surface area contributed by atoms with E-state index in [1.165, 1.54) is 6.33 Å². The highest BCUT2D eigenvalue weighted by atomic mass is 19.1. The Morgan fingerprint density at radius 2 is 2.12 bits per heavy atom. The van der Waals surface area contributed by atoms with Crippen LogP contribution in [0.1, 0.15) is 30.0 Å². The zero-order valence-corrected chi connectivity index (χ0v) is 12.9. The third-order valence-corrected chi connectivity index (χ3v) is 4.17. The summed E-state index contributed by atoms with van der Waals surface area (Å²) in [4.78, 5) is 12.2. The Kier molecular flexibility index (Phi) is 2.65. The average molecular weight is 334 g/mol. The minimum atomic E-state index is -1.39. The van der Waals surface area contributed by atoms with Gasteiger partial charge in [-0.3, -0.25) is 5.10 Å². The van der Waals surface area contributed by atoms with Gasteiger partial charge in [-0.25, -0.2) is 19.3 Å². The zero-order chi connectivity index (χ0) is 17.0. The standard InChI is InChI=1S/C17H11FN6O/c18-17(5-6-17)16-22-11-7-9(2-4-12(11)25-16)1-3-10-13-14(19)20-8-21-15(13)24-23-10/h2,4,7-8H,5-6H2,(H3,19,20,21,23,24). The number of anilines is 1. The lowest BCUT2D eigenvalue weighted by atomic mass is 10.2. The molecule has 3 heterocycles. The Morgan fingerprint density at radius 3 is 2.96 bits per heavy atom. The molecule has 5 rings (SSSR count). The van der Waals surface area contributed by atoms with Crippen LogP contribution < -0.4 is 5.73 Å². The summed E-state index contributed by atoms with van der Waals surface area (Å²) in [6, 6.07) is 5.30. The maximum Gasteiger partial charge on any atom is 0.233 e.